The number of carbonyl (C=O) groups excluding carboxylic acids is 1. The van der Waals surface area contributed by atoms with Crippen LogP contribution in [0.4, 0.5) is 0 Å². The molecule has 1 fully saturated rings. The lowest BCUT2D eigenvalue weighted by atomic mass is 9.85. The van der Waals surface area contributed by atoms with E-state index in [1.807, 2.05) is 0 Å². The van der Waals surface area contributed by atoms with E-state index in [0.717, 1.165) is 5.01 Å². The molecule has 0 aromatic heterocycles. The molecule has 2 atom stereocenters. The van der Waals surface area contributed by atoms with Gasteiger partial charge < -0.3 is 9.84 Å². The summed E-state index contributed by atoms with van der Waals surface area (Å²) < 4.78 is 5.18. The number of hydrogen-bond acceptors (Lipinski definition) is 5. The molecular weight excluding hydrogens is 248 g/mol. The Hall–Kier alpha value is -1.76. The summed E-state index contributed by atoms with van der Waals surface area (Å²) in [4.78, 5) is 24.3. The summed E-state index contributed by atoms with van der Waals surface area (Å²) >= 11 is 0. The number of rotatable bonds is 4. The SMILES string of the molecule is COC1CCN(N)[C@@]1(C(=O)O)C(=O)c1ccccc1. The third-order valence-electron chi connectivity index (χ3n) is 3.54. The molecule has 0 aliphatic carbocycles. The van der Waals surface area contributed by atoms with Crippen LogP contribution in [0.5, 0.6) is 0 Å². The zero-order chi connectivity index (χ0) is 14.0. The van der Waals surface area contributed by atoms with Gasteiger partial charge in [0.15, 0.2) is 5.78 Å². The van der Waals surface area contributed by atoms with Gasteiger partial charge in [-0.3, -0.25) is 10.6 Å². The molecule has 0 radical (unpaired) electrons. The van der Waals surface area contributed by atoms with Crippen molar-refractivity contribution >= 4 is 11.8 Å². The fourth-order valence-electron chi connectivity index (χ4n) is 2.56. The minimum atomic E-state index is -1.85. The molecule has 1 saturated heterocycles. The van der Waals surface area contributed by atoms with Gasteiger partial charge in [0.2, 0.25) is 5.54 Å². The predicted octanol–water partition coefficient (Wildman–Crippen LogP) is 0.287. The molecule has 0 bridgehead atoms. The first kappa shape index (κ1) is 13.7. The van der Waals surface area contributed by atoms with Crippen molar-refractivity contribution in [1.29, 1.82) is 0 Å². The van der Waals surface area contributed by atoms with E-state index in [1.54, 1.807) is 30.3 Å². The Balaban J connectivity index is 2.51. The highest BCUT2D eigenvalue weighted by Crippen LogP contribution is 2.33. The van der Waals surface area contributed by atoms with Crippen LogP contribution in [0.15, 0.2) is 30.3 Å². The lowest BCUT2D eigenvalue weighted by molar-refractivity contribution is -0.152. The summed E-state index contributed by atoms with van der Waals surface area (Å²) in [5.41, 5.74) is -1.54. The molecule has 102 valence electrons. The molecule has 0 amide bonds. The maximum absolute atomic E-state index is 12.6. The van der Waals surface area contributed by atoms with Crippen LogP contribution >= 0.6 is 0 Å². The fourth-order valence-corrected chi connectivity index (χ4v) is 2.56. The minimum absolute atomic E-state index is 0.295. The van der Waals surface area contributed by atoms with E-state index in [4.69, 9.17) is 10.6 Å². The van der Waals surface area contributed by atoms with Gasteiger partial charge in [0.25, 0.3) is 0 Å². The van der Waals surface area contributed by atoms with E-state index in [9.17, 15) is 14.7 Å². The number of benzene rings is 1. The van der Waals surface area contributed by atoms with Crippen molar-refractivity contribution in [2.45, 2.75) is 18.1 Å². The largest absolute Gasteiger partial charge is 0.479 e. The number of ketones is 1. The summed E-state index contributed by atoms with van der Waals surface area (Å²) in [6.07, 6.45) is -0.361. The van der Waals surface area contributed by atoms with E-state index in [2.05, 4.69) is 0 Å². The number of Topliss-reactive ketones (excluding diaryl/α,β-unsaturated/α-hetero) is 1. The summed E-state index contributed by atoms with van der Waals surface area (Å²) in [6, 6.07) is 8.27. The number of hydrazine groups is 1. The highest BCUT2D eigenvalue weighted by atomic mass is 16.5. The Morgan fingerprint density at radius 1 is 1.42 bits per heavy atom. The molecular formula is C13H16N2O4. The summed E-state index contributed by atoms with van der Waals surface area (Å²) in [5.74, 6) is 3.94. The van der Waals surface area contributed by atoms with E-state index in [-0.39, 0.29) is 0 Å². The number of aliphatic carboxylic acids is 1. The third-order valence-corrected chi connectivity index (χ3v) is 3.54. The number of hydrogen-bond donors (Lipinski definition) is 2. The average molecular weight is 264 g/mol. The minimum Gasteiger partial charge on any atom is -0.479 e. The van der Waals surface area contributed by atoms with Gasteiger partial charge in [-0.15, -0.1) is 0 Å². The second kappa shape index (κ2) is 5.08. The molecule has 1 aliphatic heterocycles. The van der Waals surface area contributed by atoms with Crippen LogP contribution < -0.4 is 5.84 Å². The topological polar surface area (TPSA) is 92.9 Å². The van der Waals surface area contributed by atoms with Crippen molar-refractivity contribution in [3.05, 3.63) is 35.9 Å². The first-order chi connectivity index (χ1) is 9.05. The van der Waals surface area contributed by atoms with Gasteiger partial charge in [-0.1, -0.05) is 30.3 Å². The van der Waals surface area contributed by atoms with Crippen molar-refractivity contribution in [2.24, 2.45) is 5.84 Å². The van der Waals surface area contributed by atoms with Crippen LogP contribution in [-0.2, 0) is 9.53 Å². The van der Waals surface area contributed by atoms with Gasteiger partial charge in [0.05, 0.1) is 6.10 Å². The smallest absolute Gasteiger partial charge is 0.336 e. The number of carboxylic acid groups (broad SMARTS) is 1. The lowest BCUT2D eigenvalue weighted by Gasteiger charge is -2.33. The normalized spacial score (nSPS) is 27.4. The van der Waals surface area contributed by atoms with Gasteiger partial charge in [-0.25, -0.2) is 9.80 Å². The van der Waals surface area contributed by atoms with E-state index >= 15 is 0 Å². The second-order valence-corrected chi connectivity index (χ2v) is 4.47. The van der Waals surface area contributed by atoms with Crippen LogP contribution in [0.3, 0.4) is 0 Å². The van der Waals surface area contributed by atoms with Crippen LogP contribution in [0, 0.1) is 0 Å². The number of nitrogens with two attached hydrogens (primary N) is 1. The second-order valence-electron chi connectivity index (χ2n) is 4.47. The van der Waals surface area contributed by atoms with Crippen LogP contribution in [-0.4, -0.2) is 47.2 Å². The van der Waals surface area contributed by atoms with E-state index < -0.39 is 23.4 Å². The Bertz CT molecular complexity index is 491. The Morgan fingerprint density at radius 2 is 2.05 bits per heavy atom. The monoisotopic (exact) mass is 264 g/mol. The van der Waals surface area contributed by atoms with Crippen LogP contribution in [0.1, 0.15) is 16.8 Å². The first-order valence-electron chi connectivity index (χ1n) is 5.93. The van der Waals surface area contributed by atoms with Gasteiger partial charge >= 0.3 is 5.97 Å². The molecule has 0 spiro atoms. The Kier molecular flexibility index (Phi) is 3.66. The standard InChI is InChI=1S/C13H16N2O4/c1-19-10-7-8-15(14)13(10,12(17)18)11(16)9-5-3-2-4-6-9/h2-6,10H,7-8,14H2,1H3,(H,17,18)/t10?,13-/m1/s1. The van der Waals surface area contributed by atoms with Gasteiger partial charge in [0.1, 0.15) is 0 Å². The van der Waals surface area contributed by atoms with E-state index in [1.165, 1.54) is 7.11 Å². The Morgan fingerprint density at radius 3 is 2.58 bits per heavy atom. The van der Waals surface area contributed by atoms with Gasteiger partial charge in [-0.2, -0.15) is 0 Å². The molecule has 2 rings (SSSR count). The molecule has 1 aliphatic rings. The maximum atomic E-state index is 12.6. The van der Waals surface area contributed by atoms with Gasteiger partial charge in [-0.05, 0) is 6.42 Å². The van der Waals surface area contributed by atoms with Crippen molar-refractivity contribution < 1.29 is 19.4 Å². The number of carboxylic acids is 1. The first-order valence-corrected chi connectivity index (χ1v) is 5.93. The van der Waals surface area contributed by atoms with Crippen molar-refractivity contribution in [2.75, 3.05) is 13.7 Å². The molecule has 1 unspecified atom stereocenters. The molecule has 0 saturated carbocycles. The molecule has 1 aromatic rings. The predicted molar refractivity (Wildman–Crippen MR) is 67.4 cm³/mol. The van der Waals surface area contributed by atoms with Crippen molar-refractivity contribution in [3.8, 4) is 0 Å². The highest BCUT2D eigenvalue weighted by Gasteiger charge is 2.60. The zero-order valence-electron chi connectivity index (χ0n) is 10.6. The highest BCUT2D eigenvalue weighted by molar-refractivity contribution is 6.16. The maximum Gasteiger partial charge on any atom is 0.336 e. The number of carbonyl (C=O) groups is 2. The number of ether oxygens (including phenoxy) is 1. The zero-order valence-corrected chi connectivity index (χ0v) is 10.6. The molecule has 6 heteroatoms. The summed E-state index contributed by atoms with van der Waals surface area (Å²) in [5, 5.41) is 10.6. The quantitative estimate of drug-likeness (QED) is 0.461. The molecule has 19 heavy (non-hydrogen) atoms. The molecule has 1 aromatic carbocycles. The molecule has 6 nitrogen and oxygen atoms in total. The molecule has 1 heterocycles. The van der Waals surface area contributed by atoms with Gasteiger partial charge in [0, 0.05) is 19.2 Å². The van der Waals surface area contributed by atoms with Crippen molar-refractivity contribution in [1.82, 2.24) is 5.01 Å². The van der Waals surface area contributed by atoms with Crippen molar-refractivity contribution in [3.63, 3.8) is 0 Å². The van der Waals surface area contributed by atoms with Crippen LogP contribution in [0.25, 0.3) is 0 Å². The summed E-state index contributed by atoms with van der Waals surface area (Å²) in [7, 11) is 1.39. The van der Waals surface area contributed by atoms with Crippen LogP contribution in [0.2, 0.25) is 0 Å². The lowest BCUT2D eigenvalue weighted by Crippen LogP contribution is -2.64. The van der Waals surface area contributed by atoms with E-state index in [0.29, 0.717) is 18.5 Å². The average Bonchev–Trinajstić information content (AvgIpc) is 2.76. The fraction of sp³-hybridized carbons (Fsp3) is 0.385. The molecule has 3 N–H and O–H groups in total. The number of methoxy groups -OCH3 is 1. The summed E-state index contributed by atoms with van der Waals surface area (Å²) in [6.45, 7) is 0.295. The Labute approximate surface area is 110 Å². The number of nitrogens with zero attached hydrogens (tertiary/aromatic N) is 1. The third kappa shape index (κ3) is 1.94.